The average Bonchev–Trinajstić information content (AvgIpc) is 3.04. The summed E-state index contributed by atoms with van der Waals surface area (Å²) in [6.07, 6.45) is 2.34. The molecular weight excluding hydrogens is 316 g/mol. The van der Waals surface area contributed by atoms with Gasteiger partial charge in [-0.1, -0.05) is 32.9 Å². The van der Waals surface area contributed by atoms with Crippen molar-refractivity contribution in [1.82, 2.24) is 15.1 Å². The van der Waals surface area contributed by atoms with Gasteiger partial charge in [-0.15, -0.1) is 5.10 Å². The van der Waals surface area contributed by atoms with E-state index in [2.05, 4.69) is 48.4 Å². The molecule has 2 aromatic rings. The van der Waals surface area contributed by atoms with E-state index >= 15 is 0 Å². The van der Waals surface area contributed by atoms with E-state index in [1.807, 2.05) is 12.1 Å². The number of nitrogens with one attached hydrogen (secondary N) is 1. The van der Waals surface area contributed by atoms with Crippen LogP contribution < -0.4 is 10.1 Å². The fraction of sp³-hybridized carbons (Fsp3) is 0.421. The van der Waals surface area contributed by atoms with E-state index in [1.54, 1.807) is 23.2 Å². The Hall–Kier alpha value is -2.63. The lowest BCUT2D eigenvalue weighted by atomic mass is 9.87. The Bertz CT molecular complexity index is 710. The number of rotatable bonds is 3. The molecular formula is C19H24N4O2. The average molecular weight is 340 g/mol. The highest BCUT2D eigenvalue weighted by atomic mass is 16.5. The number of carbonyl (C=O) groups excluding carboxylic acids is 1. The van der Waals surface area contributed by atoms with Crippen LogP contribution in [0.15, 0.2) is 42.6 Å². The van der Waals surface area contributed by atoms with Crippen molar-refractivity contribution in [1.29, 1.82) is 0 Å². The molecule has 1 aromatic carbocycles. The normalized spacial score (nSPS) is 17.4. The standard InChI is InChI=1S/C19H24N4O2/c1-19(2,3)14-6-8-15(9-7-14)21-18(24)23-12-10-16(13-23)25-17-5-4-11-20-22-17/h4-9,11,16H,10,12-13H2,1-3H3,(H,21,24). The lowest BCUT2D eigenvalue weighted by Gasteiger charge is -2.20. The summed E-state index contributed by atoms with van der Waals surface area (Å²) in [4.78, 5) is 14.2. The van der Waals surface area contributed by atoms with Crippen molar-refractivity contribution in [2.45, 2.75) is 38.7 Å². The van der Waals surface area contributed by atoms with Gasteiger partial charge in [0.05, 0.1) is 6.54 Å². The Labute approximate surface area is 148 Å². The second-order valence-corrected chi connectivity index (χ2v) is 7.29. The topological polar surface area (TPSA) is 67.4 Å². The second-order valence-electron chi connectivity index (χ2n) is 7.29. The number of hydrogen-bond donors (Lipinski definition) is 1. The number of hydrogen-bond acceptors (Lipinski definition) is 4. The molecule has 1 fully saturated rings. The first-order valence-corrected chi connectivity index (χ1v) is 8.53. The Morgan fingerprint density at radius 1 is 1.24 bits per heavy atom. The monoisotopic (exact) mass is 340 g/mol. The largest absolute Gasteiger partial charge is 0.471 e. The van der Waals surface area contributed by atoms with Gasteiger partial charge in [-0.05, 0) is 29.2 Å². The van der Waals surface area contributed by atoms with Crippen molar-refractivity contribution in [3.8, 4) is 5.88 Å². The molecule has 2 heterocycles. The van der Waals surface area contributed by atoms with Crippen molar-refractivity contribution in [3.05, 3.63) is 48.2 Å². The first kappa shape index (κ1) is 17.2. The van der Waals surface area contributed by atoms with Gasteiger partial charge in [-0.25, -0.2) is 4.79 Å². The van der Waals surface area contributed by atoms with Gasteiger partial charge in [0, 0.05) is 30.9 Å². The summed E-state index contributed by atoms with van der Waals surface area (Å²) in [6.45, 7) is 7.71. The molecule has 1 aliphatic heterocycles. The number of anilines is 1. The van der Waals surface area contributed by atoms with Gasteiger partial charge < -0.3 is 15.0 Å². The molecule has 0 radical (unpaired) electrons. The predicted molar refractivity (Wildman–Crippen MR) is 96.8 cm³/mol. The first-order chi connectivity index (χ1) is 11.9. The molecule has 1 aromatic heterocycles. The minimum Gasteiger partial charge on any atom is -0.471 e. The van der Waals surface area contributed by atoms with Crippen LogP contribution >= 0.6 is 0 Å². The summed E-state index contributed by atoms with van der Waals surface area (Å²) >= 11 is 0. The first-order valence-electron chi connectivity index (χ1n) is 8.53. The van der Waals surface area contributed by atoms with Crippen LogP contribution in [0.4, 0.5) is 10.5 Å². The highest BCUT2D eigenvalue weighted by molar-refractivity contribution is 5.89. The number of carbonyl (C=O) groups is 1. The highest BCUT2D eigenvalue weighted by Crippen LogP contribution is 2.24. The minimum atomic E-state index is -0.103. The van der Waals surface area contributed by atoms with Gasteiger partial charge in [-0.2, -0.15) is 5.10 Å². The van der Waals surface area contributed by atoms with Gasteiger partial charge in [0.15, 0.2) is 0 Å². The van der Waals surface area contributed by atoms with Crippen LogP contribution in [0.3, 0.4) is 0 Å². The van der Waals surface area contributed by atoms with Gasteiger partial charge in [0.1, 0.15) is 6.10 Å². The van der Waals surface area contributed by atoms with Crippen LogP contribution in [0.2, 0.25) is 0 Å². The van der Waals surface area contributed by atoms with Gasteiger partial charge in [-0.3, -0.25) is 0 Å². The van der Waals surface area contributed by atoms with Crippen molar-refractivity contribution < 1.29 is 9.53 Å². The Morgan fingerprint density at radius 2 is 2.00 bits per heavy atom. The zero-order valence-corrected chi connectivity index (χ0v) is 14.9. The molecule has 6 nitrogen and oxygen atoms in total. The van der Waals surface area contributed by atoms with Crippen molar-refractivity contribution in [2.75, 3.05) is 18.4 Å². The number of benzene rings is 1. The molecule has 25 heavy (non-hydrogen) atoms. The number of aromatic nitrogens is 2. The summed E-state index contributed by atoms with van der Waals surface area (Å²) in [5.74, 6) is 0.493. The lowest BCUT2D eigenvalue weighted by Crippen LogP contribution is -2.34. The molecule has 1 aliphatic rings. The van der Waals surface area contributed by atoms with Gasteiger partial charge >= 0.3 is 6.03 Å². The van der Waals surface area contributed by atoms with Gasteiger partial charge in [0.25, 0.3) is 0 Å². The molecule has 1 atom stereocenters. The molecule has 0 aliphatic carbocycles. The highest BCUT2D eigenvalue weighted by Gasteiger charge is 2.28. The number of urea groups is 1. The zero-order chi connectivity index (χ0) is 17.9. The lowest BCUT2D eigenvalue weighted by molar-refractivity contribution is 0.188. The van der Waals surface area contributed by atoms with Crippen molar-refractivity contribution in [2.24, 2.45) is 0 Å². The Morgan fingerprint density at radius 3 is 2.64 bits per heavy atom. The fourth-order valence-electron chi connectivity index (χ4n) is 2.79. The molecule has 0 spiro atoms. The summed E-state index contributed by atoms with van der Waals surface area (Å²) in [6, 6.07) is 11.5. The molecule has 6 heteroatoms. The third kappa shape index (κ3) is 4.47. The molecule has 1 N–H and O–H groups in total. The summed E-state index contributed by atoms with van der Waals surface area (Å²) in [5.41, 5.74) is 2.14. The number of nitrogens with zero attached hydrogens (tertiary/aromatic N) is 3. The maximum Gasteiger partial charge on any atom is 0.321 e. The maximum atomic E-state index is 12.4. The number of amides is 2. The second kappa shape index (κ2) is 7.09. The van der Waals surface area contributed by atoms with Crippen LogP contribution in [-0.4, -0.2) is 40.3 Å². The molecule has 0 saturated carbocycles. The van der Waals surface area contributed by atoms with E-state index in [4.69, 9.17) is 4.74 Å². The quantitative estimate of drug-likeness (QED) is 0.929. The van der Waals surface area contributed by atoms with E-state index < -0.39 is 0 Å². The van der Waals surface area contributed by atoms with E-state index in [9.17, 15) is 4.79 Å². The minimum absolute atomic E-state index is 0.0503. The van der Waals surface area contributed by atoms with E-state index in [0.29, 0.717) is 19.0 Å². The summed E-state index contributed by atoms with van der Waals surface area (Å²) < 4.78 is 5.76. The maximum absolute atomic E-state index is 12.4. The molecule has 0 bridgehead atoms. The van der Waals surface area contributed by atoms with Crippen molar-refractivity contribution in [3.63, 3.8) is 0 Å². The van der Waals surface area contributed by atoms with Crippen LogP contribution in [0.1, 0.15) is 32.8 Å². The molecule has 132 valence electrons. The predicted octanol–water partition coefficient (Wildman–Crippen LogP) is 3.46. The van der Waals surface area contributed by atoms with Gasteiger partial charge in [0.2, 0.25) is 5.88 Å². The molecule has 1 unspecified atom stereocenters. The van der Waals surface area contributed by atoms with Crippen LogP contribution in [-0.2, 0) is 5.41 Å². The van der Waals surface area contributed by atoms with Crippen LogP contribution in [0.25, 0.3) is 0 Å². The SMILES string of the molecule is CC(C)(C)c1ccc(NC(=O)N2CCC(Oc3cccnn3)C2)cc1. The summed E-state index contributed by atoms with van der Waals surface area (Å²) in [7, 11) is 0. The Kier molecular flexibility index (Phi) is 4.88. The van der Waals surface area contributed by atoms with Crippen LogP contribution in [0.5, 0.6) is 5.88 Å². The molecule has 3 rings (SSSR count). The zero-order valence-electron chi connectivity index (χ0n) is 14.9. The third-order valence-electron chi connectivity index (χ3n) is 4.27. The number of likely N-dealkylation sites (tertiary alicyclic amines) is 1. The van der Waals surface area contributed by atoms with E-state index in [-0.39, 0.29) is 17.6 Å². The fourth-order valence-corrected chi connectivity index (χ4v) is 2.79. The van der Waals surface area contributed by atoms with E-state index in [1.165, 1.54) is 5.56 Å². The smallest absolute Gasteiger partial charge is 0.321 e. The van der Waals surface area contributed by atoms with Crippen molar-refractivity contribution >= 4 is 11.7 Å². The van der Waals surface area contributed by atoms with Crippen LogP contribution in [0, 0.1) is 0 Å². The Balaban J connectivity index is 1.54. The summed E-state index contributed by atoms with van der Waals surface area (Å²) in [5, 5.41) is 10.7. The molecule has 1 saturated heterocycles. The van der Waals surface area contributed by atoms with E-state index in [0.717, 1.165) is 12.1 Å². The number of ether oxygens (including phenoxy) is 1. The molecule has 2 amide bonds. The third-order valence-corrected chi connectivity index (χ3v) is 4.27.